The van der Waals surface area contributed by atoms with E-state index in [-0.39, 0.29) is 12.2 Å². The van der Waals surface area contributed by atoms with Crippen molar-refractivity contribution in [2.24, 2.45) is 105 Å². The van der Waals surface area contributed by atoms with Crippen LogP contribution >= 0.6 is 0 Å². The van der Waals surface area contributed by atoms with Gasteiger partial charge in [0.15, 0.2) is 0 Å². The third kappa shape index (κ3) is 8.11. The molecule has 8 aliphatic rings. The maximum atomic E-state index is 10.2. The molecule has 330 valence electrons. The molecule has 6 saturated carbocycles. The number of aliphatic hydroxyl groups is 2. The van der Waals surface area contributed by atoms with E-state index in [1.165, 1.54) is 89.9 Å². The number of hydrogen-bond acceptors (Lipinski definition) is 2. The van der Waals surface area contributed by atoms with Crippen molar-refractivity contribution in [3.8, 4) is 0 Å². The lowest BCUT2D eigenvalue weighted by Gasteiger charge is -2.58. The summed E-state index contributed by atoms with van der Waals surface area (Å²) in [4.78, 5) is 0. The average Bonchev–Trinajstić information content (AvgIpc) is 3.73. The molecule has 8 aliphatic carbocycles. The fraction of sp³-hybridized carbons (Fsp3) is 0.893. The van der Waals surface area contributed by atoms with E-state index in [0.29, 0.717) is 33.5 Å². The smallest absolute Gasteiger partial charge is 0.0577 e. The van der Waals surface area contributed by atoms with Gasteiger partial charge in [-0.15, -0.1) is 0 Å². The van der Waals surface area contributed by atoms with Crippen LogP contribution in [0.4, 0.5) is 0 Å². The zero-order valence-corrected chi connectivity index (χ0v) is 40.2. The van der Waals surface area contributed by atoms with Crippen LogP contribution in [0.3, 0.4) is 0 Å². The van der Waals surface area contributed by atoms with Crippen molar-refractivity contribution < 1.29 is 10.2 Å². The number of fused-ring (bicyclic) bond motifs is 10. The summed E-state index contributed by atoms with van der Waals surface area (Å²) in [6, 6.07) is 0. The van der Waals surface area contributed by atoms with Gasteiger partial charge in [-0.2, -0.15) is 0 Å². The Morgan fingerprint density at radius 2 is 1.03 bits per heavy atom. The summed E-state index contributed by atoms with van der Waals surface area (Å²) >= 11 is 0. The van der Waals surface area contributed by atoms with Crippen LogP contribution < -0.4 is 0 Å². The molecule has 2 N–H and O–H groups in total. The molecule has 0 spiro atoms. The van der Waals surface area contributed by atoms with Crippen molar-refractivity contribution >= 4 is 0 Å². The SMILES string of the molecule is CC(C)[C@@H](C)/C=C/[C@@H](C)[C@H]1CC[C@H]2[C@@H]3CC=C4C[C@@H](O)CC[C@]4(C)[C@H]3CC[C@]12C.CC(C)[C@H](C)CC[C@@H](C)[C@H]1CC[C@H]2[C@@H]3CC=C4C[C@@H](O)CC[C@]4(C)[C@H]3CC[C@]12C. The summed E-state index contributed by atoms with van der Waals surface area (Å²) in [5.41, 5.74) is 5.10. The lowest BCUT2D eigenvalue weighted by Crippen LogP contribution is -2.50. The predicted octanol–water partition coefficient (Wildman–Crippen LogP) is 15.0. The van der Waals surface area contributed by atoms with Crippen molar-refractivity contribution in [2.45, 2.75) is 211 Å². The van der Waals surface area contributed by atoms with Crippen LogP contribution in [0.5, 0.6) is 0 Å². The maximum absolute atomic E-state index is 10.2. The normalized spacial score (nSPS) is 46.6. The van der Waals surface area contributed by atoms with Gasteiger partial charge in [-0.05, 0) is 207 Å². The molecule has 0 saturated heterocycles. The molecule has 0 unspecified atom stereocenters. The second-order valence-corrected chi connectivity index (χ2v) is 24.9. The first-order valence-electron chi connectivity index (χ1n) is 25.8. The highest BCUT2D eigenvalue weighted by Crippen LogP contribution is 2.69. The Bertz CT molecular complexity index is 1500. The van der Waals surface area contributed by atoms with E-state index in [1.807, 2.05) is 0 Å². The Labute approximate surface area is 359 Å². The van der Waals surface area contributed by atoms with Crippen LogP contribution in [0.2, 0.25) is 0 Å². The molecule has 0 aromatic carbocycles. The van der Waals surface area contributed by atoms with Crippen LogP contribution in [0.15, 0.2) is 35.5 Å². The first kappa shape index (κ1) is 45.2. The minimum Gasteiger partial charge on any atom is -0.393 e. The number of aliphatic hydroxyl groups excluding tert-OH is 2. The molecule has 0 aliphatic heterocycles. The van der Waals surface area contributed by atoms with Gasteiger partial charge in [0.25, 0.3) is 0 Å². The lowest BCUT2D eigenvalue weighted by molar-refractivity contribution is -0.0574. The van der Waals surface area contributed by atoms with Gasteiger partial charge in [-0.1, -0.05) is 131 Å². The fourth-order valence-corrected chi connectivity index (χ4v) is 16.9. The third-order valence-corrected chi connectivity index (χ3v) is 21.6. The summed E-state index contributed by atoms with van der Waals surface area (Å²) in [6.07, 6.45) is 33.4. The van der Waals surface area contributed by atoms with Crippen LogP contribution in [0.25, 0.3) is 0 Å². The molecule has 6 fully saturated rings. The Morgan fingerprint density at radius 3 is 1.52 bits per heavy atom. The van der Waals surface area contributed by atoms with Crippen LogP contribution in [-0.2, 0) is 0 Å². The summed E-state index contributed by atoms with van der Waals surface area (Å²) < 4.78 is 0. The van der Waals surface area contributed by atoms with E-state index in [1.54, 1.807) is 11.1 Å². The summed E-state index contributed by atoms with van der Waals surface area (Å²) in [5.74, 6) is 11.9. The van der Waals surface area contributed by atoms with Gasteiger partial charge in [-0.25, -0.2) is 0 Å². The van der Waals surface area contributed by atoms with Crippen LogP contribution in [0, 0.1) is 105 Å². The van der Waals surface area contributed by atoms with Crippen molar-refractivity contribution in [3.63, 3.8) is 0 Å². The molecule has 58 heavy (non-hydrogen) atoms. The van der Waals surface area contributed by atoms with Gasteiger partial charge in [0, 0.05) is 0 Å². The Morgan fingerprint density at radius 1 is 0.552 bits per heavy atom. The fourth-order valence-electron chi connectivity index (χ4n) is 16.9. The largest absolute Gasteiger partial charge is 0.393 e. The van der Waals surface area contributed by atoms with Crippen molar-refractivity contribution in [1.29, 1.82) is 0 Å². The number of rotatable bonds is 9. The third-order valence-electron chi connectivity index (χ3n) is 21.6. The molecule has 8 rings (SSSR count). The van der Waals surface area contributed by atoms with Crippen LogP contribution in [-0.4, -0.2) is 22.4 Å². The minimum atomic E-state index is -0.0866. The van der Waals surface area contributed by atoms with Crippen molar-refractivity contribution in [2.75, 3.05) is 0 Å². The molecule has 0 aromatic rings. The topological polar surface area (TPSA) is 40.5 Å². The van der Waals surface area contributed by atoms with E-state index in [4.69, 9.17) is 0 Å². The standard InChI is InChI=1S/C28H48O.C28H46O/c2*1-18(2)19(3)7-8-20(4)24-11-12-25-23-10-9-21-17-22(29)13-15-27(21,5)26(23)14-16-28(24,25)6/h9,18-20,22-26,29H,7-8,10-17H2,1-6H3;7-9,18-20,22-26,29H,10-17H2,1-6H3/b;8-7+/t19-,20-,22+,23+,24-,25+,26+,27+,28-;19-,20+,22-,23-,24+,25-,26-,27-,28+/m10/s1. The highest BCUT2D eigenvalue weighted by Gasteiger charge is 2.60. The second kappa shape index (κ2) is 17.4. The predicted molar refractivity (Wildman–Crippen MR) is 247 cm³/mol. The summed E-state index contributed by atoms with van der Waals surface area (Å²) in [7, 11) is 0. The van der Waals surface area contributed by atoms with Crippen LogP contribution in [0.1, 0.15) is 199 Å². The molecular weight excluding hydrogens is 705 g/mol. The molecule has 0 aromatic heterocycles. The molecular formula is C56H94O2. The number of allylic oxidation sites excluding steroid dienone is 4. The summed E-state index contributed by atoms with van der Waals surface area (Å²) in [5, 5.41) is 20.5. The zero-order chi connectivity index (χ0) is 41.9. The van der Waals surface area contributed by atoms with Gasteiger partial charge in [0.2, 0.25) is 0 Å². The Hall–Kier alpha value is -0.860. The first-order chi connectivity index (χ1) is 27.3. The molecule has 18 atom stereocenters. The minimum absolute atomic E-state index is 0.0790. The van der Waals surface area contributed by atoms with Crippen molar-refractivity contribution in [3.05, 3.63) is 35.5 Å². The molecule has 2 heteroatoms. The molecule has 0 bridgehead atoms. The van der Waals surface area contributed by atoms with Gasteiger partial charge in [0.05, 0.1) is 12.2 Å². The highest BCUT2D eigenvalue weighted by atomic mass is 16.3. The van der Waals surface area contributed by atoms with E-state index < -0.39 is 0 Å². The van der Waals surface area contributed by atoms with Gasteiger partial charge in [0.1, 0.15) is 0 Å². The number of hydrogen-bond donors (Lipinski definition) is 2. The molecule has 0 heterocycles. The van der Waals surface area contributed by atoms with Crippen molar-refractivity contribution in [1.82, 2.24) is 0 Å². The molecule has 2 nitrogen and oxygen atoms in total. The van der Waals surface area contributed by atoms with E-state index in [9.17, 15) is 10.2 Å². The second-order valence-electron chi connectivity index (χ2n) is 24.9. The van der Waals surface area contributed by atoms with E-state index in [0.717, 1.165) is 96.7 Å². The first-order valence-corrected chi connectivity index (χ1v) is 25.8. The summed E-state index contributed by atoms with van der Waals surface area (Å²) in [6.45, 7) is 29.8. The molecule has 0 radical (unpaired) electrons. The van der Waals surface area contributed by atoms with Gasteiger partial charge in [-0.3, -0.25) is 0 Å². The van der Waals surface area contributed by atoms with Gasteiger partial charge >= 0.3 is 0 Å². The Balaban J connectivity index is 0.000000177. The Kier molecular flexibility index (Phi) is 13.5. The van der Waals surface area contributed by atoms with Gasteiger partial charge < -0.3 is 10.2 Å². The van der Waals surface area contributed by atoms with E-state index >= 15 is 0 Å². The lowest BCUT2D eigenvalue weighted by atomic mass is 9.47. The maximum Gasteiger partial charge on any atom is 0.0577 e. The highest BCUT2D eigenvalue weighted by molar-refractivity contribution is 5.27. The average molecular weight is 799 g/mol. The quantitative estimate of drug-likeness (QED) is 0.228. The monoisotopic (exact) mass is 799 g/mol. The zero-order valence-electron chi connectivity index (χ0n) is 40.2. The molecule has 0 amide bonds. The van der Waals surface area contributed by atoms with E-state index in [2.05, 4.69) is 107 Å².